The molecular weight excluding hydrogens is 328 g/mol. The van der Waals surface area contributed by atoms with E-state index in [1.807, 2.05) is 28.0 Å². The van der Waals surface area contributed by atoms with E-state index in [4.69, 9.17) is 4.74 Å². The second kappa shape index (κ2) is 7.29. The predicted molar refractivity (Wildman–Crippen MR) is 98.7 cm³/mol. The molecule has 0 N–H and O–H groups in total. The molecule has 4 rings (SSSR count). The molecule has 5 heteroatoms. The Hall–Kier alpha value is -2.04. The quantitative estimate of drug-likeness (QED) is 0.833. The van der Waals surface area contributed by atoms with Crippen molar-refractivity contribution in [2.24, 2.45) is 11.8 Å². The first-order chi connectivity index (χ1) is 12.7. The topological polar surface area (TPSA) is 49.9 Å². The third-order valence-electron chi connectivity index (χ3n) is 6.39. The second-order valence-corrected chi connectivity index (χ2v) is 7.84. The molecule has 1 aliphatic carbocycles. The number of methoxy groups -OCH3 is 1. The van der Waals surface area contributed by atoms with Gasteiger partial charge in [0.1, 0.15) is 5.75 Å². The third kappa shape index (κ3) is 3.19. The van der Waals surface area contributed by atoms with Gasteiger partial charge in [-0.15, -0.1) is 0 Å². The maximum absolute atomic E-state index is 13.0. The van der Waals surface area contributed by atoms with Gasteiger partial charge >= 0.3 is 0 Å². The lowest BCUT2D eigenvalue weighted by Gasteiger charge is -2.44. The molecule has 5 nitrogen and oxygen atoms in total. The number of likely N-dealkylation sites (tertiary alicyclic amines) is 2. The molecule has 0 aromatic heterocycles. The lowest BCUT2D eigenvalue weighted by atomic mass is 9.83. The minimum absolute atomic E-state index is 0.0637. The minimum Gasteiger partial charge on any atom is -0.497 e. The van der Waals surface area contributed by atoms with E-state index >= 15 is 0 Å². The summed E-state index contributed by atoms with van der Waals surface area (Å²) in [4.78, 5) is 29.4. The molecule has 0 spiro atoms. The van der Waals surface area contributed by atoms with Crippen LogP contribution in [0.1, 0.15) is 50.1 Å². The average Bonchev–Trinajstić information content (AvgIpc) is 2.59. The Balaban J connectivity index is 1.34. The number of benzene rings is 1. The van der Waals surface area contributed by atoms with Gasteiger partial charge in [0.05, 0.1) is 13.2 Å². The van der Waals surface area contributed by atoms with Crippen molar-refractivity contribution in [2.45, 2.75) is 44.6 Å². The van der Waals surface area contributed by atoms with E-state index in [1.165, 1.54) is 6.42 Å². The summed E-state index contributed by atoms with van der Waals surface area (Å²) in [6.45, 7) is 2.31. The predicted octanol–water partition coefficient (Wildman–Crippen LogP) is 3.01. The molecule has 3 fully saturated rings. The Bertz CT molecular complexity index is 678. The Labute approximate surface area is 155 Å². The van der Waals surface area contributed by atoms with E-state index in [0.29, 0.717) is 5.91 Å². The average molecular weight is 356 g/mol. The van der Waals surface area contributed by atoms with Crippen molar-refractivity contribution in [1.82, 2.24) is 9.80 Å². The highest BCUT2D eigenvalue weighted by atomic mass is 16.5. The third-order valence-corrected chi connectivity index (χ3v) is 6.39. The van der Waals surface area contributed by atoms with E-state index in [1.54, 1.807) is 7.11 Å². The zero-order chi connectivity index (χ0) is 18.1. The molecular formula is C21H28N2O3. The molecule has 3 aliphatic rings. The van der Waals surface area contributed by atoms with Crippen LogP contribution in [0.15, 0.2) is 24.3 Å². The van der Waals surface area contributed by atoms with Gasteiger partial charge < -0.3 is 14.5 Å². The van der Waals surface area contributed by atoms with Gasteiger partial charge in [-0.2, -0.15) is 0 Å². The van der Waals surface area contributed by atoms with Gasteiger partial charge in [0.25, 0.3) is 0 Å². The van der Waals surface area contributed by atoms with Gasteiger partial charge in [0.2, 0.25) is 11.8 Å². The molecule has 2 aliphatic heterocycles. The molecule has 2 saturated heterocycles. The van der Waals surface area contributed by atoms with Crippen LogP contribution >= 0.6 is 0 Å². The SMILES string of the molecule is COc1cccc(C2CCN2C(=O)C2CCN(C(=O)C3CCC3)CC2)c1. The molecule has 0 radical (unpaired) electrons. The van der Waals surface area contributed by atoms with Gasteiger partial charge in [0.15, 0.2) is 0 Å². The number of piperidine rings is 1. The first kappa shape index (κ1) is 17.4. The maximum atomic E-state index is 13.0. The molecule has 1 atom stereocenters. The molecule has 2 amide bonds. The van der Waals surface area contributed by atoms with Crippen molar-refractivity contribution in [3.63, 3.8) is 0 Å². The number of ether oxygens (including phenoxy) is 1. The zero-order valence-corrected chi connectivity index (χ0v) is 15.5. The Kier molecular flexibility index (Phi) is 4.88. The number of carbonyl (C=O) groups excluding carboxylic acids is 2. The number of hydrogen-bond acceptors (Lipinski definition) is 3. The van der Waals surface area contributed by atoms with Crippen LogP contribution in [0.4, 0.5) is 0 Å². The first-order valence-corrected chi connectivity index (χ1v) is 9.90. The molecule has 2 heterocycles. The fourth-order valence-electron chi connectivity index (χ4n) is 4.34. The van der Waals surface area contributed by atoms with E-state index in [9.17, 15) is 9.59 Å². The van der Waals surface area contributed by atoms with Crippen LogP contribution in [-0.2, 0) is 9.59 Å². The Morgan fingerprint density at radius 1 is 0.962 bits per heavy atom. The lowest BCUT2D eigenvalue weighted by Crippen LogP contribution is -2.51. The molecule has 0 bridgehead atoms. The molecule has 1 aromatic carbocycles. The highest BCUT2D eigenvalue weighted by molar-refractivity contribution is 5.82. The van der Waals surface area contributed by atoms with Crippen LogP contribution in [0.2, 0.25) is 0 Å². The number of carbonyl (C=O) groups is 2. The summed E-state index contributed by atoms with van der Waals surface area (Å²) in [5, 5.41) is 0. The molecule has 1 saturated carbocycles. The molecule has 1 unspecified atom stereocenters. The standard InChI is InChI=1S/C21H28N2O3/c1-26-18-7-3-6-17(14-18)19-10-13-23(19)21(25)16-8-11-22(12-9-16)20(24)15-4-2-5-15/h3,6-7,14-16,19H,2,4-5,8-13H2,1H3. The van der Waals surface area contributed by atoms with E-state index in [0.717, 1.165) is 63.1 Å². The number of rotatable bonds is 4. The van der Waals surface area contributed by atoms with E-state index < -0.39 is 0 Å². The van der Waals surface area contributed by atoms with Gasteiger partial charge in [-0.3, -0.25) is 9.59 Å². The fourth-order valence-corrected chi connectivity index (χ4v) is 4.34. The molecule has 140 valence electrons. The summed E-state index contributed by atoms with van der Waals surface area (Å²) in [6, 6.07) is 8.20. The summed E-state index contributed by atoms with van der Waals surface area (Å²) < 4.78 is 5.31. The monoisotopic (exact) mass is 356 g/mol. The van der Waals surface area contributed by atoms with Crippen LogP contribution in [-0.4, -0.2) is 48.4 Å². The Morgan fingerprint density at radius 3 is 2.27 bits per heavy atom. The highest BCUT2D eigenvalue weighted by Gasteiger charge is 2.39. The van der Waals surface area contributed by atoms with Crippen molar-refractivity contribution < 1.29 is 14.3 Å². The van der Waals surface area contributed by atoms with E-state index in [2.05, 4.69) is 6.07 Å². The van der Waals surface area contributed by atoms with Crippen LogP contribution in [0.3, 0.4) is 0 Å². The van der Waals surface area contributed by atoms with Gasteiger partial charge in [0, 0.05) is 31.5 Å². The smallest absolute Gasteiger partial charge is 0.226 e. The van der Waals surface area contributed by atoms with Crippen molar-refractivity contribution >= 4 is 11.8 Å². The number of amides is 2. The summed E-state index contributed by atoms with van der Waals surface area (Å²) in [5.74, 6) is 1.74. The molecule has 26 heavy (non-hydrogen) atoms. The minimum atomic E-state index is 0.0637. The van der Waals surface area contributed by atoms with Crippen molar-refractivity contribution in [3.05, 3.63) is 29.8 Å². The second-order valence-electron chi connectivity index (χ2n) is 7.84. The normalized spacial score (nSPS) is 24.0. The highest BCUT2D eigenvalue weighted by Crippen LogP contribution is 2.37. The van der Waals surface area contributed by atoms with Gasteiger partial charge in [-0.05, 0) is 49.8 Å². The maximum Gasteiger partial charge on any atom is 0.226 e. The Morgan fingerprint density at radius 2 is 1.69 bits per heavy atom. The van der Waals surface area contributed by atoms with Crippen molar-refractivity contribution in [3.8, 4) is 5.75 Å². The zero-order valence-electron chi connectivity index (χ0n) is 15.5. The summed E-state index contributed by atoms with van der Waals surface area (Å²) in [6.07, 6.45) is 5.91. The van der Waals surface area contributed by atoms with Crippen LogP contribution in [0.5, 0.6) is 5.75 Å². The van der Waals surface area contributed by atoms with Crippen molar-refractivity contribution in [1.29, 1.82) is 0 Å². The fraction of sp³-hybridized carbons (Fsp3) is 0.619. The van der Waals surface area contributed by atoms with Gasteiger partial charge in [-0.25, -0.2) is 0 Å². The van der Waals surface area contributed by atoms with Crippen LogP contribution < -0.4 is 4.74 Å². The molecule has 1 aromatic rings. The van der Waals surface area contributed by atoms with Gasteiger partial charge in [-0.1, -0.05) is 18.6 Å². The first-order valence-electron chi connectivity index (χ1n) is 9.90. The summed E-state index contributed by atoms with van der Waals surface area (Å²) in [7, 11) is 1.67. The number of hydrogen-bond donors (Lipinski definition) is 0. The van der Waals surface area contributed by atoms with Crippen molar-refractivity contribution in [2.75, 3.05) is 26.7 Å². The summed E-state index contributed by atoms with van der Waals surface area (Å²) in [5.41, 5.74) is 1.15. The number of nitrogens with zero attached hydrogens (tertiary/aromatic N) is 2. The summed E-state index contributed by atoms with van der Waals surface area (Å²) >= 11 is 0. The van der Waals surface area contributed by atoms with Crippen LogP contribution in [0, 0.1) is 11.8 Å². The lowest BCUT2D eigenvalue weighted by molar-refractivity contribution is -0.148. The van der Waals surface area contributed by atoms with Crippen LogP contribution in [0.25, 0.3) is 0 Å². The van der Waals surface area contributed by atoms with E-state index in [-0.39, 0.29) is 23.8 Å². The largest absolute Gasteiger partial charge is 0.497 e.